The zero-order chi connectivity index (χ0) is 13.2. The van der Waals surface area contributed by atoms with Crippen LogP contribution in [-0.2, 0) is 9.53 Å². The molecular formula is C12H17NO4. The molecule has 0 fully saturated rings. The lowest BCUT2D eigenvalue weighted by Gasteiger charge is -2.07. The van der Waals surface area contributed by atoms with Crippen molar-refractivity contribution in [2.24, 2.45) is 5.92 Å². The van der Waals surface area contributed by atoms with E-state index in [2.05, 4.69) is 0 Å². The number of allylic oxidation sites excluding steroid dienone is 2. The van der Waals surface area contributed by atoms with E-state index in [1.165, 1.54) is 0 Å². The van der Waals surface area contributed by atoms with Gasteiger partial charge in [-0.2, -0.15) is 0 Å². The molecule has 0 spiro atoms. The molecule has 0 heterocycles. The molecule has 0 unspecified atom stereocenters. The Labute approximate surface area is 100 Å². The lowest BCUT2D eigenvalue weighted by Crippen LogP contribution is -2.11. The van der Waals surface area contributed by atoms with Gasteiger partial charge in [-0.15, -0.1) is 0 Å². The molecule has 0 radical (unpaired) electrons. The minimum Gasteiger partial charge on any atom is -0.462 e. The number of carbonyl (C=O) groups excluding carboxylic acids is 1. The summed E-state index contributed by atoms with van der Waals surface area (Å²) in [6, 6.07) is 0. The average Bonchev–Trinajstić information content (AvgIpc) is 2.56. The summed E-state index contributed by atoms with van der Waals surface area (Å²) >= 11 is 0. The van der Waals surface area contributed by atoms with Gasteiger partial charge in [0.1, 0.15) is 5.57 Å². The molecule has 0 amide bonds. The Hall–Kier alpha value is -1.65. The Morgan fingerprint density at radius 2 is 2.12 bits per heavy atom. The highest BCUT2D eigenvalue weighted by Crippen LogP contribution is 2.36. The molecular weight excluding hydrogens is 222 g/mol. The fraction of sp³-hybridized carbons (Fsp3) is 0.583. The molecule has 0 atom stereocenters. The first-order valence-corrected chi connectivity index (χ1v) is 5.64. The van der Waals surface area contributed by atoms with Crippen LogP contribution in [0.25, 0.3) is 0 Å². The Kier molecular flexibility index (Phi) is 4.04. The number of hydrogen-bond donors (Lipinski definition) is 0. The van der Waals surface area contributed by atoms with Gasteiger partial charge >= 0.3 is 5.97 Å². The van der Waals surface area contributed by atoms with Crippen molar-refractivity contribution in [3.63, 3.8) is 0 Å². The molecule has 0 aromatic carbocycles. The van der Waals surface area contributed by atoms with Gasteiger partial charge in [0, 0.05) is 12.0 Å². The van der Waals surface area contributed by atoms with E-state index >= 15 is 0 Å². The quantitative estimate of drug-likeness (QED) is 0.429. The van der Waals surface area contributed by atoms with E-state index in [1.54, 1.807) is 13.8 Å². The highest BCUT2D eigenvalue weighted by Gasteiger charge is 2.35. The van der Waals surface area contributed by atoms with Crippen molar-refractivity contribution in [3.8, 4) is 0 Å². The number of rotatable bonds is 4. The maximum atomic E-state index is 11.7. The Bertz CT molecular complexity index is 418. The monoisotopic (exact) mass is 239 g/mol. The van der Waals surface area contributed by atoms with E-state index in [4.69, 9.17) is 4.74 Å². The minimum absolute atomic E-state index is 0.0767. The third-order valence-corrected chi connectivity index (χ3v) is 2.89. The van der Waals surface area contributed by atoms with E-state index < -0.39 is 10.9 Å². The lowest BCUT2D eigenvalue weighted by atomic mass is 9.98. The minimum atomic E-state index is -0.575. The van der Waals surface area contributed by atoms with Crippen LogP contribution in [0, 0.1) is 16.0 Å². The standard InChI is InChI=1S/C12H17NO4/c1-5-17-12(14)10-6-9(7(2)3)8(4)11(10)13(15)16/h7H,5-6H2,1-4H3. The zero-order valence-electron chi connectivity index (χ0n) is 10.6. The van der Waals surface area contributed by atoms with Gasteiger partial charge in [0.15, 0.2) is 0 Å². The highest BCUT2D eigenvalue weighted by atomic mass is 16.6. The van der Waals surface area contributed by atoms with Crippen LogP contribution in [0.1, 0.15) is 34.1 Å². The number of carbonyl (C=O) groups is 1. The van der Waals surface area contributed by atoms with Gasteiger partial charge in [0.2, 0.25) is 0 Å². The van der Waals surface area contributed by atoms with Crippen molar-refractivity contribution in [1.29, 1.82) is 0 Å². The predicted octanol–water partition coefficient (Wildman–Crippen LogP) is 2.46. The van der Waals surface area contributed by atoms with E-state index in [-0.39, 0.29) is 23.8 Å². The second-order valence-corrected chi connectivity index (χ2v) is 4.29. The summed E-state index contributed by atoms with van der Waals surface area (Å²) in [5.74, 6) is -0.383. The average molecular weight is 239 g/mol. The van der Waals surface area contributed by atoms with E-state index in [0.717, 1.165) is 5.57 Å². The molecule has 0 bridgehead atoms. The van der Waals surface area contributed by atoms with Crippen molar-refractivity contribution in [1.82, 2.24) is 0 Å². The van der Waals surface area contributed by atoms with Crippen LogP contribution in [0.15, 0.2) is 22.4 Å². The summed E-state index contributed by atoms with van der Waals surface area (Å²) in [6.45, 7) is 7.53. The van der Waals surface area contributed by atoms with Crippen molar-refractivity contribution in [2.45, 2.75) is 34.1 Å². The Morgan fingerprint density at radius 3 is 2.53 bits per heavy atom. The largest absolute Gasteiger partial charge is 0.462 e. The number of nitrogens with zero attached hydrogens (tertiary/aromatic N) is 1. The molecule has 0 aromatic heterocycles. The number of esters is 1. The summed E-state index contributed by atoms with van der Waals surface area (Å²) in [4.78, 5) is 22.2. The first kappa shape index (κ1) is 13.4. The maximum Gasteiger partial charge on any atom is 0.341 e. The van der Waals surface area contributed by atoms with Crippen LogP contribution in [0.2, 0.25) is 0 Å². The second-order valence-electron chi connectivity index (χ2n) is 4.29. The third kappa shape index (κ3) is 2.54. The van der Waals surface area contributed by atoms with Gasteiger partial charge < -0.3 is 4.74 Å². The van der Waals surface area contributed by atoms with Crippen LogP contribution in [0.4, 0.5) is 0 Å². The number of nitro groups is 1. The van der Waals surface area contributed by atoms with Crippen LogP contribution in [0.3, 0.4) is 0 Å². The van der Waals surface area contributed by atoms with Crippen LogP contribution in [-0.4, -0.2) is 17.5 Å². The van der Waals surface area contributed by atoms with E-state index in [1.807, 2.05) is 13.8 Å². The molecule has 5 nitrogen and oxygen atoms in total. The molecule has 0 saturated heterocycles. The van der Waals surface area contributed by atoms with Crippen molar-refractivity contribution in [2.75, 3.05) is 6.61 Å². The molecule has 17 heavy (non-hydrogen) atoms. The molecule has 94 valence electrons. The van der Waals surface area contributed by atoms with E-state index in [0.29, 0.717) is 12.0 Å². The smallest absolute Gasteiger partial charge is 0.341 e. The Balaban J connectivity index is 3.14. The summed E-state index contributed by atoms with van der Waals surface area (Å²) in [5.41, 5.74) is 1.65. The number of ether oxygens (including phenoxy) is 1. The van der Waals surface area contributed by atoms with Crippen molar-refractivity contribution in [3.05, 3.63) is 32.5 Å². The first-order chi connectivity index (χ1) is 7.90. The van der Waals surface area contributed by atoms with Crippen molar-refractivity contribution < 1.29 is 14.5 Å². The molecule has 0 N–H and O–H groups in total. The summed E-state index contributed by atoms with van der Waals surface area (Å²) in [7, 11) is 0. The molecule has 0 aromatic rings. The summed E-state index contributed by atoms with van der Waals surface area (Å²) in [6.07, 6.45) is 0.332. The third-order valence-electron chi connectivity index (χ3n) is 2.89. The van der Waals surface area contributed by atoms with Crippen LogP contribution >= 0.6 is 0 Å². The molecule has 1 rings (SSSR count). The van der Waals surface area contributed by atoms with E-state index in [9.17, 15) is 14.9 Å². The zero-order valence-corrected chi connectivity index (χ0v) is 10.6. The lowest BCUT2D eigenvalue weighted by molar-refractivity contribution is -0.421. The molecule has 0 saturated carbocycles. The normalized spacial score (nSPS) is 15.8. The van der Waals surface area contributed by atoms with Crippen molar-refractivity contribution >= 4 is 5.97 Å². The van der Waals surface area contributed by atoms with Gasteiger partial charge in [-0.3, -0.25) is 10.1 Å². The second kappa shape index (κ2) is 5.12. The SMILES string of the molecule is CCOC(=O)C1=C([N+](=O)[O-])C(C)=C(C(C)C)C1. The predicted molar refractivity (Wildman–Crippen MR) is 62.8 cm³/mol. The van der Waals surface area contributed by atoms with Crippen LogP contribution in [0.5, 0.6) is 0 Å². The molecule has 5 heteroatoms. The summed E-state index contributed by atoms with van der Waals surface area (Å²) < 4.78 is 4.85. The maximum absolute atomic E-state index is 11.7. The Morgan fingerprint density at radius 1 is 1.53 bits per heavy atom. The van der Waals surface area contributed by atoms with Gasteiger partial charge in [0.05, 0.1) is 11.5 Å². The highest BCUT2D eigenvalue weighted by molar-refractivity contribution is 5.91. The molecule has 1 aliphatic rings. The van der Waals surface area contributed by atoms with Gasteiger partial charge in [-0.1, -0.05) is 19.4 Å². The fourth-order valence-corrected chi connectivity index (χ4v) is 2.06. The fourth-order valence-electron chi connectivity index (χ4n) is 2.06. The van der Waals surface area contributed by atoms with Gasteiger partial charge in [-0.25, -0.2) is 4.79 Å². The molecule has 0 aliphatic heterocycles. The topological polar surface area (TPSA) is 69.4 Å². The summed E-state index contributed by atoms with van der Waals surface area (Å²) in [5, 5.41) is 11.0. The number of hydrogen-bond acceptors (Lipinski definition) is 4. The first-order valence-electron chi connectivity index (χ1n) is 5.64. The van der Waals surface area contributed by atoms with Gasteiger partial charge in [0.25, 0.3) is 5.70 Å². The van der Waals surface area contributed by atoms with Gasteiger partial charge in [-0.05, 0) is 19.8 Å². The molecule has 1 aliphatic carbocycles. The van der Waals surface area contributed by atoms with Crippen LogP contribution < -0.4 is 0 Å².